The first kappa shape index (κ1) is 27.2. The highest BCUT2D eigenvalue weighted by Crippen LogP contribution is 2.34. The molecule has 0 saturated carbocycles. The van der Waals surface area contributed by atoms with Gasteiger partial charge < -0.3 is 26.4 Å². The number of nitrogens with zero attached hydrogens (tertiary/aromatic N) is 4. The van der Waals surface area contributed by atoms with E-state index >= 15 is 4.39 Å². The molecule has 0 radical (unpaired) electrons. The summed E-state index contributed by atoms with van der Waals surface area (Å²) < 4.78 is 29.2. The molecule has 6 fully saturated rings. The summed E-state index contributed by atoms with van der Waals surface area (Å²) in [6.07, 6.45) is -1.99. The van der Waals surface area contributed by atoms with Crippen LogP contribution in [0.2, 0.25) is 0 Å². The molecule has 13 heteroatoms. The van der Waals surface area contributed by atoms with Gasteiger partial charge in [-0.2, -0.15) is 0 Å². The van der Waals surface area contributed by atoms with Crippen molar-refractivity contribution in [2.45, 2.75) is 55.8 Å². The Morgan fingerprint density at radius 1 is 1.05 bits per heavy atom. The Hall–Kier alpha value is -1.03. The van der Waals surface area contributed by atoms with E-state index in [9.17, 15) is 14.3 Å². The number of likely N-dealkylation sites (tertiary alicyclic amines) is 3. The fraction of sp³-hybridized carbons (Fsp3) is 0.960. The zero-order chi connectivity index (χ0) is 26.6. The van der Waals surface area contributed by atoms with Gasteiger partial charge in [0.05, 0.1) is 30.3 Å². The van der Waals surface area contributed by atoms with Crippen LogP contribution in [0.1, 0.15) is 12.8 Å². The van der Waals surface area contributed by atoms with Crippen molar-refractivity contribution in [2.24, 2.45) is 29.4 Å². The van der Waals surface area contributed by atoms with Crippen LogP contribution in [0, 0.1) is 23.7 Å². The minimum atomic E-state index is -1.11. The van der Waals surface area contributed by atoms with Crippen LogP contribution in [-0.4, -0.2) is 146 Å². The molecule has 6 saturated heterocycles. The summed E-state index contributed by atoms with van der Waals surface area (Å²) in [6, 6.07) is -0.836. The van der Waals surface area contributed by atoms with Crippen molar-refractivity contribution in [3.05, 3.63) is 0 Å². The van der Waals surface area contributed by atoms with Gasteiger partial charge in [0.1, 0.15) is 18.6 Å². The standard InChI is InChI=1S/C25H45F2N9O2/c1-33-9-15-11-35(12-16(15)10-33)25(38)14-2-4-34(5-3-14)21-18(27)7-29-8-19(21)31-24(37)20-22(28)32-36-13-17(26)6-30-23(20)36/h14-23,25,29-30,32,38H,2-13,28H2,1H3,(H,31,37). The van der Waals surface area contributed by atoms with E-state index < -0.39 is 48.9 Å². The fourth-order valence-corrected chi connectivity index (χ4v) is 8.04. The maximum Gasteiger partial charge on any atom is 0.229 e. The Bertz CT molecular complexity index is 838. The van der Waals surface area contributed by atoms with Gasteiger partial charge in [0.15, 0.2) is 0 Å². The zero-order valence-electron chi connectivity index (χ0n) is 22.3. The van der Waals surface area contributed by atoms with Crippen LogP contribution in [-0.2, 0) is 4.79 Å². The number of aliphatic hydroxyl groups excluding tert-OH is 1. The lowest BCUT2D eigenvalue weighted by Crippen LogP contribution is -2.67. The number of amides is 1. The molecular weight excluding hydrogens is 496 g/mol. The molecule has 6 aliphatic rings. The minimum Gasteiger partial charge on any atom is -0.378 e. The van der Waals surface area contributed by atoms with Crippen molar-refractivity contribution in [1.82, 2.24) is 41.1 Å². The Morgan fingerprint density at radius 3 is 2.47 bits per heavy atom. The predicted octanol–water partition coefficient (Wildman–Crippen LogP) is -2.71. The molecule has 216 valence electrons. The van der Waals surface area contributed by atoms with E-state index in [4.69, 9.17) is 5.73 Å². The summed E-state index contributed by atoms with van der Waals surface area (Å²) in [5, 5.41) is 22.1. The number of hydrogen-bond acceptors (Lipinski definition) is 10. The van der Waals surface area contributed by atoms with Crippen LogP contribution >= 0.6 is 0 Å². The van der Waals surface area contributed by atoms with Gasteiger partial charge in [0.25, 0.3) is 0 Å². The van der Waals surface area contributed by atoms with Gasteiger partial charge in [-0.05, 0) is 44.8 Å². The van der Waals surface area contributed by atoms with Gasteiger partial charge in [-0.15, -0.1) is 0 Å². The maximum absolute atomic E-state index is 15.3. The third kappa shape index (κ3) is 5.21. The number of halogens is 2. The quantitative estimate of drug-likeness (QED) is 0.219. The number of carbonyl (C=O) groups excluding carboxylic acids is 1. The van der Waals surface area contributed by atoms with E-state index in [2.05, 4.69) is 43.1 Å². The second-order valence-electron chi connectivity index (χ2n) is 12.5. The normalized spacial score (nSPS) is 44.7. The number of carbonyl (C=O) groups is 1. The molecule has 10 unspecified atom stereocenters. The molecule has 6 heterocycles. The number of piperidine rings is 2. The molecule has 6 aliphatic heterocycles. The van der Waals surface area contributed by atoms with Crippen LogP contribution in [0.4, 0.5) is 8.78 Å². The van der Waals surface area contributed by atoms with Gasteiger partial charge in [0, 0.05) is 58.3 Å². The first-order chi connectivity index (χ1) is 18.3. The number of alkyl halides is 2. The predicted molar refractivity (Wildman–Crippen MR) is 138 cm³/mol. The van der Waals surface area contributed by atoms with E-state index in [1.54, 1.807) is 5.01 Å². The highest BCUT2D eigenvalue weighted by Gasteiger charge is 2.49. The second-order valence-corrected chi connectivity index (χ2v) is 12.5. The molecule has 0 aromatic carbocycles. The molecule has 38 heavy (non-hydrogen) atoms. The third-order valence-electron chi connectivity index (χ3n) is 9.93. The third-order valence-corrected chi connectivity index (χ3v) is 9.93. The molecule has 1 amide bonds. The molecule has 11 nitrogen and oxygen atoms in total. The number of fused-ring (bicyclic) bond motifs is 2. The summed E-state index contributed by atoms with van der Waals surface area (Å²) in [6.45, 7) is 6.62. The second kappa shape index (κ2) is 11.1. The molecule has 0 bridgehead atoms. The van der Waals surface area contributed by atoms with Crippen molar-refractivity contribution in [3.63, 3.8) is 0 Å². The lowest BCUT2D eigenvalue weighted by molar-refractivity contribution is -0.128. The Kier molecular flexibility index (Phi) is 7.93. The van der Waals surface area contributed by atoms with E-state index in [0.717, 1.165) is 39.0 Å². The van der Waals surface area contributed by atoms with Gasteiger partial charge >= 0.3 is 0 Å². The number of nitrogens with one attached hydrogen (secondary N) is 4. The molecule has 0 aromatic rings. The monoisotopic (exact) mass is 541 g/mol. The minimum absolute atomic E-state index is 0.173. The van der Waals surface area contributed by atoms with Crippen LogP contribution in [0.5, 0.6) is 0 Å². The number of aliphatic hydroxyl groups is 1. The van der Waals surface area contributed by atoms with Crippen molar-refractivity contribution in [2.75, 3.05) is 72.5 Å². The summed E-state index contributed by atoms with van der Waals surface area (Å²) in [5.74, 6) is 0.630. The average Bonchev–Trinajstić information content (AvgIpc) is 3.53. The first-order valence-corrected chi connectivity index (χ1v) is 14.4. The molecule has 7 N–H and O–H groups in total. The number of rotatable bonds is 5. The lowest BCUT2D eigenvalue weighted by Gasteiger charge is -2.46. The van der Waals surface area contributed by atoms with Crippen molar-refractivity contribution in [3.8, 4) is 0 Å². The molecule has 6 rings (SSSR count). The van der Waals surface area contributed by atoms with Gasteiger partial charge in [-0.25, -0.2) is 19.2 Å². The molecule has 0 spiro atoms. The van der Waals surface area contributed by atoms with E-state index in [0.29, 0.717) is 31.5 Å². The number of hydrogen-bond donors (Lipinski definition) is 6. The number of nitrogens with two attached hydrogens (primary N) is 1. The summed E-state index contributed by atoms with van der Waals surface area (Å²) in [5.41, 5.74) is 9.23. The SMILES string of the molecule is CN1CC2CN(C(O)C3CCN(C4C(F)CNCC4NC(=O)C4C(N)NN5CC(F)CNC45)CC3)CC2C1. The lowest BCUT2D eigenvalue weighted by atomic mass is 9.89. The fourth-order valence-electron chi connectivity index (χ4n) is 8.04. The number of hydrazine groups is 1. The summed E-state index contributed by atoms with van der Waals surface area (Å²) in [7, 11) is 2.17. The van der Waals surface area contributed by atoms with E-state index in [1.807, 2.05) is 0 Å². The van der Waals surface area contributed by atoms with Crippen LogP contribution in [0.15, 0.2) is 0 Å². The zero-order valence-corrected chi connectivity index (χ0v) is 22.3. The first-order valence-electron chi connectivity index (χ1n) is 14.4. The maximum atomic E-state index is 15.3. The molecule has 0 aliphatic carbocycles. The largest absolute Gasteiger partial charge is 0.378 e. The Morgan fingerprint density at radius 2 is 1.76 bits per heavy atom. The molecule has 0 aromatic heterocycles. The van der Waals surface area contributed by atoms with E-state index in [-0.39, 0.29) is 31.5 Å². The van der Waals surface area contributed by atoms with Gasteiger partial charge in [0.2, 0.25) is 5.91 Å². The summed E-state index contributed by atoms with van der Waals surface area (Å²) in [4.78, 5) is 20.2. The van der Waals surface area contributed by atoms with E-state index in [1.165, 1.54) is 0 Å². The average molecular weight is 542 g/mol. The van der Waals surface area contributed by atoms with Crippen LogP contribution in [0.25, 0.3) is 0 Å². The molecular formula is C25H45F2N9O2. The Labute approximate surface area is 223 Å². The highest BCUT2D eigenvalue weighted by molar-refractivity contribution is 5.81. The van der Waals surface area contributed by atoms with Gasteiger partial charge in [-0.3, -0.25) is 19.9 Å². The topological polar surface area (TPSA) is 124 Å². The highest BCUT2D eigenvalue weighted by atomic mass is 19.1. The van der Waals surface area contributed by atoms with Crippen molar-refractivity contribution < 1.29 is 18.7 Å². The summed E-state index contributed by atoms with van der Waals surface area (Å²) >= 11 is 0. The Balaban J connectivity index is 1.05. The molecule has 10 atom stereocenters. The van der Waals surface area contributed by atoms with Crippen LogP contribution < -0.4 is 27.1 Å². The van der Waals surface area contributed by atoms with Crippen molar-refractivity contribution >= 4 is 5.91 Å². The van der Waals surface area contributed by atoms with Crippen LogP contribution in [0.3, 0.4) is 0 Å². The van der Waals surface area contributed by atoms with Gasteiger partial charge in [-0.1, -0.05) is 0 Å². The smallest absolute Gasteiger partial charge is 0.229 e. The van der Waals surface area contributed by atoms with Crippen molar-refractivity contribution in [1.29, 1.82) is 0 Å².